The summed E-state index contributed by atoms with van der Waals surface area (Å²) in [4.78, 5) is 12.1. The van der Waals surface area contributed by atoms with Gasteiger partial charge in [-0.1, -0.05) is 35.5 Å². The van der Waals surface area contributed by atoms with E-state index in [1.54, 1.807) is 0 Å². The first kappa shape index (κ1) is 18.7. The molecule has 2 heterocycles. The molecule has 6 nitrogen and oxygen atoms in total. The first-order chi connectivity index (χ1) is 12.2. The molecule has 2 aliphatic rings. The highest BCUT2D eigenvalue weighted by molar-refractivity contribution is 5.85. The van der Waals surface area contributed by atoms with E-state index in [0.717, 1.165) is 36.5 Å². The number of piperidine rings is 1. The van der Waals surface area contributed by atoms with E-state index >= 15 is 0 Å². The number of nitrogens with zero attached hydrogens (tertiary/aromatic N) is 1. The van der Waals surface area contributed by atoms with Crippen LogP contribution in [0.5, 0.6) is 0 Å². The van der Waals surface area contributed by atoms with E-state index in [0.29, 0.717) is 18.4 Å². The quantitative estimate of drug-likeness (QED) is 0.837. The first-order valence-corrected chi connectivity index (χ1v) is 8.79. The second kappa shape index (κ2) is 7.68. The van der Waals surface area contributed by atoms with Crippen molar-refractivity contribution in [2.45, 2.75) is 25.4 Å². The topological polar surface area (TPSA) is 76.4 Å². The number of halogens is 1. The van der Waals surface area contributed by atoms with Gasteiger partial charge in [0.25, 0.3) is 0 Å². The van der Waals surface area contributed by atoms with Gasteiger partial charge in [0.15, 0.2) is 0 Å². The van der Waals surface area contributed by atoms with Crippen LogP contribution in [0.25, 0.3) is 0 Å². The predicted molar refractivity (Wildman–Crippen MR) is 99.3 cm³/mol. The van der Waals surface area contributed by atoms with E-state index in [9.17, 15) is 4.79 Å². The lowest BCUT2D eigenvalue weighted by molar-refractivity contribution is 0.138. The van der Waals surface area contributed by atoms with Crippen LogP contribution in [0.4, 0.5) is 4.79 Å². The molecule has 2 N–H and O–H groups in total. The maximum Gasteiger partial charge on any atom is 0.407 e. The van der Waals surface area contributed by atoms with E-state index in [1.165, 1.54) is 0 Å². The number of amides is 1. The Kier molecular flexibility index (Phi) is 5.53. The van der Waals surface area contributed by atoms with Crippen molar-refractivity contribution in [3.05, 3.63) is 53.4 Å². The molecule has 1 aliphatic carbocycles. The summed E-state index contributed by atoms with van der Waals surface area (Å²) < 4.78 is 10.6. The standard InChI is InChI=1S/C19H23N3O3.ClH/c1-13-9-17(22-25-13)19(15-7-8-20-10-16(15)19)12-21-18(23)24-11-14-5-3-2-4-6-14;/h2-6,9,15-16,20H,7-8,10-12H2,1H3,(H,21,23);1H. The SMILES string of the molecule is Cc1cc(C2(CNC(=O)OCc3ccccc3)C3CCNCC32)no1.Cl. The summed E-state index contributed by atoms with van der Waals surface area (Å²) in [5.41, 5.74) is 1.79. The highest BCUT2D eigenvalue weighted by atomic mass is 35.5. The van der Waals surface area contributed by atoms with Gasteiger partial charge in [-0.15, -0.1) is 12.4 Å². The molecule has 1 aromatic heterocycles. The Hall–Kier alpha value is -2.05. The number of carbonyl (C=O) groups is 1. The number of benzene rings is 1. The average molecular weight is 378 g/mol. The zero-order valence-electron chi connectivity index (χ0n) is 14.7. The highest BCUT2D eigenvalue weighted by Crippen LogP contribution is 2.61. The van der Waals surface area contributed by atoms with Crippen LogP contribution in [0.3, 0.4) is 0 Å². The molecule has 26 heavy (non-hydrogen) atoms. The van der Waals surface area contributed by atoms with Crippen molar-refractivity contribution in [2.75, 3.05) is 19.6 Å². The normalized spacial score (nSPS) is 26.3. The smallest absolute Gasteiger partial charge is 0.407 e. The van der Waals surface area contributed by atoms with Crippen molar-refractivity contribution in [3.63, 3.8) is 0 Å². The number of fused-ring (bicyclic) bond motifs is 1. The largest absolute Gasteiger partial charge is 0.445 e. The molecule has 3 unspecified atom stereocenters. The fourth-order valence-electron chi connectivity index (χ4n) is 4.21. The Morgan fingerprint density at radius 3 is 2.85 bits per heavy atom. The third kappa shape index (κ3) is 3.44. The number of aromatic nitrogens is 1. The predicted octanol–water partition coefficient (Wildman–Crippen LogP) is 2.81. The van der Waals surface area contributed by atoms with Crippen LogP contribution in [0.15, 0.2) is 40.9 Å². The van der Waals surface area contributed by atoms with Crippen LogP contribution < -0.4 is 10.6 Å². The molecule has 2 aromatic rings. The molecule has 0 spiro atoms. The lowest BCUT2D eigenvalue weighted by Gasteiger charge is -2.16. The molecule has 7 heteroatoms. The number of nitrogens with one attached hydrogen (secondary N) is 2. The van der Waals surface area contributed by atoms with Crippen molar-refractivity contribution in [1.82, 2.24) is 15.8 Å². The van der Waals surface area contributed by atoms with Gasteiger partial charge in [0.1, 0.15) is 12.4 Å². The molecule has 2 fully saturated rings. The minimum Gasteiger partial charge on any atom is -0.445 e. The molecule has 1 saturated heterocycles. The Morgan fingerprint density at radius 2 is 2.19 bits per heavy atom. The zero-order valence-corrected chi connectivity index (χ0v) is 15.6. The second-order valence-corrected chi connectivity index (χ2v) is 6.98. The zero-order chi connectivity index (χ0) is 17.3. The fourth-order valence-corrected chi connectivity index (χ4v) is 4.21. The van der Waals surface area contributed by atoms with Gasteiger partial charge in [-0.25, -0.2) is 4.79 Å². The summed E-state index contributed by atoms with van der Waals surface area (Å²) in [6, 6.07) is 11.7. The Balaban J connectivity index is 0.00000196. The molecule has 140 valence electrons. The van der Waals surface area contributed by atoms with Crippen LogP contribution in [-0.4, -0.2) is 30.9 Å². The van der Waals surface area contributed by atoms with Crippen molar-refractivity contribution in [1.29, 1.82) is 0 Å². The lowest BCUT2D eigenvalue weighted by Crippen LogP contribution is -2.35. The van der Waals surface area contributed by atoms with E-state index in [-0.39, 0.29) is 30.5 Å². The maximum atomic E-state index is 12.1. The fraction of sp³-hybridized carbons (Fsp3) is 0.474. The van der Waals surface area contributed by atoms with Crippen molar-refractivity contribution in [3.8, 4) is 0 Å². The molecular weight excluding hydrogens is 354 g/mol. The summed E-state index contributed by atoms with van der Waals surface area (Å²) in [6.45, 7) is 4.67. The number of rotatable bonds is 5. The van der Waals surface area contributed by atoms with Gasteiger partial charge in [0.05, 0.1) is 5.69 Å². The second-order valence-electron chi connectivity index (χ2n) is 6.98. The number of carbonyl (C=O) groups excluding carboxylic acids is 1. The summed E-state index contributed by atoms with van der Waals surface area (Å²) in [5, 5.41) is 10.6. The van der Waals surface area contributed by atoms with E-state index in [2.05, 4.69) is 15.8 Å². The van der Waals surface area contributed by atoms with E-state index in [1.807, 2.05) is 43.3 Å². The molecule has 4 rings (SSSR count). The van der Waals surface area contributed by atoms with Gasteiger partial charge in [-0.05, 0) is 43.8 Å². The van der Waals surface area contributed by atoms with Gasteiger partial charge in [0.2, 0.25) is 0 Å². The van der Waals surface area contributed by atoms with Crippen LogP contribution in [0.1, 0.15) is 23.4 Å². The minimum atomic E-state index is -0.389. The molecule has 1 aliphatic heterocycles. The van der Waals surface area contributed by atoms with Gasteiger partial charge in [-0.2, -0.15) is 0 Å². The van der Waals surface area contributed by atoms with Crippen LogP contribution in [0.2, 0.25) is 0 Å². The molecule has 1 aromatic carbocycles. The Morgan fingerprint density at radius 1 is 1.38 bits per heavy atom. The summed E-state index contributed by atoms with van der Waals surface area (Å²) in [6.07, 6.45) is 0.706. The Labute approximate surface area is 159 Å². The van der Waals surface area contributed by atoms with Gasteiger partial charge in [-0.3, -0.25) is 0 Å². The summed E-state index contributed by atoms with van der Waals surface area (Å²) >= 11 is 0. The van der Waals surface area contributed by atoms with Crippen LogP contribution >= 0.6 is 12.4 Å². The lowest BCUT2D eigenvalue weighted by atomic mass is 9.96. The molecule has 0 radical (unpaired) electrons. The minimum absolute atomic E-state index is 0. The van der Waals surface area contributed by atoms with Crippen LogP contribution in [-0.2, 0) is 16.8 Å². The maximum absolute atomic E-state index is 12.1. The summed E-state index contributed by atoms with van der Waals surface area (Å²) in [7, 11) is 0. The average Bonchev–Trinajstić information content (AvgIpc) is 3.10. The number of hydrogen-bond donors (Lipinski definition) is 2. The molecule has 3 atom stereocenters. The third-order valence-electron chi connectivity index (χ3n) is 5.54. The van der Waals surface area contributed by atoms with Crippen molar-refractivity contribution in [2.24, 2.45) is 11.8 Å². The van der Waals surface area contributed by atoms with E-state index in [4.69, 9.17) is 9.26 Å². The van der Waals surface area contributed by atoms with Crippen molar-refractivity contribution >= 4 is 18.5 Å². The molecular formula is C19H24ClN3O3. The van der Waals surface area contributed by atoms with Gasteiger partial charge < -0.3 is 19.9 Å². The van der Waals surface area contributed by atoms with Gasteiger partial charge in [0, 0.05) is 18.0 Å². The number of aryl methyl sites for hydroxylation is 1. The van der Waals surface area contributed by atoms with Crippen molar-refractivity contribution < 1.29 is 14.1 Å². The number of ether oxygens (including phenoxy) is 1. The summed E-state index contributed by atoms with van der Waals surface area (Å²) in [5.74, 6) is 1.82. The molecule has 0 bridgehead atoms. The highest BCUT2D eigenvalue weighted by Gasteiger charge is 2.66. The molecule has 1 amide bonds. The third-order valence-corrected chi connectivity index (χ3v) is 5.54. The molecule has 1 saturated carbocycles. The van der Waals surface area contributed by atoms with Gasteiger partial charge >= 0.3 is 6.09 Å². The monoisotopic (exact) mass is 377 g/mol. The van der Waals surface area contributed by atoms with E-state index < -0.39 is 0 Å². The Bertz CT molecular complexity index is 737. The number of alkyl carbamates (subject to hydrolysis) is 1. The van der Waals surface area contributed by atoms with Crippen LogP contribution in [0, 0.1) is 18.8 Å². The first-order valence-electron chi connectivity index (χ1n) is 8.79. The number of hydrogen-bond acceptors (Lipinski definition) is 5.